The fourth-order valence-electron chi connectivity index (χ4n) is 1.31. The summed E-state index contributed by atoms with van der Waals surface area (Å²) in [4.78, 5) is 1.26. The highest BCUT2D eigenvalue weighted by Crippen LogP contribution is 2.17. The summed E-state index contributed by atoms with van der Waals surface area (Å²) in [5.74, 6) is 0. The molecule has 0 amide bonds. The van der Waals surface area contributed by atoms with Crippen LogP contribution in [0.2, 0.25) is 0 Å². The Kier molecular flexibility index (Phi) is 5.39. The number of piperazine rings is 1. The zero-order valence-corrected chi connectivity index (χ0v) is 9.54. The van der Waals surface area contributed by atoms with E-state index in [0.717, 1.165) is 26.2 Å². The Labute approximate surface area is 87.8 Å². The van der Waals surface area contributed by atoms with Gasteiger partial charge in [-0.1, -0.05) is 0 Å². The van der Waals surface area contributed by atoms with Crippen LogP contribution in [0.25, 0.3) is 0 Å². The Morgan fingerprint density at radius 1 is 1.38 bits per heavy atom. The molecule has 1 N–H and O–H groups in total. The third-order valence-corrected chi connectivity index (χ3v) is 3.36. The van der Waals surface area contributed by atoms with E-state index in [2.05, 4.69) is 5.32 Å². The minimum Gasteiger partial charge on any atom is -0.771 e. The molecule has 0 aromatic heterocycles. The second-order valence-corrected chi connectivity index (χ2v) is 4.89. The molecule has 1 rings (SSSR count). The second-order valence-electron chi connectivity index (χ2n) is 3.42. The van der Waals surface area contributed by atoms with Crippen LogP contribution in [0.1, 0.15) is 13.8 Å². The smallest absolute Gasteiger partial charge is 0.0781 e. The van der Waals surface area contributed by atoms with Gasteiger partial charge in [0, 0.05) is 26.2 Å². The number of nitrogens with zero attached hydrogens (tertiary/aromatic N) is 1. The first-order chi connectivity index (χ1) is 5.55. The number of hydrogen-bond acceptors (Lipinski definition) is 4. The van der Waals surface area contributed by atoms with E-state index in [0.29, 0.717) is 0 Å². The molecule has 0 saturated carbocycles. The van der Waals surface area contributed by atoms with Crippen molar-refractivity contribution in [2.45, 2.75) is 18.7 Å². The molecule has 13 heavy (non-hydrogen) atoms. The quantitative estimate of drug-likeness (QED) is 0.671. The minimum atomic E-state index is -2.03. The molecular formula is C7H16ClN2O2S-. The van der Waals surface area contributed by atoms with Gasteiger partial charge >= 0.3 is 0 Å². The summed E-state index contributed by atoms with van der Waals surface area (Å²) in [5, 5.41) is 3.18. The molecule has 1 saturated heterocycles. The lowest BCUT2D eigenvalue weighted by Gasteiger charge is -2.42. The Balaban J connectivity index is 0.00000144. The lowest BCUT2D eigenvalue weighted by Crippen LogP contribution is -2.55. The van der Waals surface area contributed by atoms with Crippen molar-refractivity contribution in [1.82, 2.24) is 10.2 Å². The fourth-order valence-corrected chi connectivity index (χ4v) is 1.70. The van der Waals surface area contributed by atoms with Gasteiger partial charge in [-0.2, -0.15) is 0 Å². The van der Waals surface area contributed by atoms with Crippen LogP contribution in [0.3, 0.4) is 0 Å². The van der Waals surface area contributed by atoms with Gasteiger partial charge in [0.2, 0.25) is 0 Å². The summed E-state index contributed by atoms with van der Waals surface area (Å²) in [6.07, 6.45) is 0. The molecule has 6 heteroatoms. The average molecular weight is 228 g/mol. The molecule has 0 aliphatic carbocycles. The summed E-state index contributed by atoms with van der Waals surface area (Å²) in [5.41, 5.74) is 0. The zero-order valence-electron chi connectivity index (χ0n) is 7.91. The molecule has 1 heterocycles. The van der Waals surface area contributed by atoms with Gasteiger partial charge in [0.25, 0.3) is 0 Å². The van der Waals surface area contributed by atoms with Gasteiger partial charge in [-0.25, -0.2) is 0 Å². The van der Waals surface area contributed by atoms with E-state index in [1.807, 2.05) is 4.90 Å². The van der Waals surface area contributed by atoms with Crippen LogP contribution in [0.5, 0.6) is 0 Å². The largest absolute Gasteiger partial charge is 0.771 e. The second kappa shape index (κ2) is 5.26. The van der Waals surface area contributed by atoms with Crippen LogP contribution in [-0.2, 0) is 11.1 Å². The summed E-state index contributed by atoms with van der Waals surface area (Å²) >= 11 is -2.03. The summed E-state index contributed by atoms with van der Waals surface area (Å²) in [6.45, 7) is 6.84. The van der Waals surface area contributed by atoms with Crippen LogP contribution in [0.4, 0.5) is 0 Å². The van der Waals surface area contributed by atoms with E-state index >= 15 is 0 Å². The predicted molar refractivity (Wildman–Crippen MR) is 54.7 cm³/mol. The van der Waals surface area contributed by atoms with Gasteiger partial charge in [0.1, 0.15) is 0 Å². The molecule has 1 aliphatic heterocycles. The van der Waals surface area contributed by atoms with Crippen molar-refractivity contribution in [2.24, 2.45) is 0 Å². The molecule has 1 atom stereocenters. The molecule has 0 radical (unpaired) electrons. The summed E-state index contributed by atoms with van der Waals surface area (Å²) in [6, 6.07) is 0. The van der Waals surface area contributed by atoms with E-state index in [1.54, 1.807) is 13.8 Å². The maximum Gasteiger partial charge on any atom is 0.0781 e. The minimum absolute atomic E-state index is 0. The SMILES string of the molecule is CC(C)(N1CCNCC1)S(=O)[O-].Cl. The van der Waals surface area contributed by atoms with Gasteiger partial charge in [0.05, 0.1) is 4.87 Å². The number of hydrogen-bond donors (Lipinski definition) is 1. The first kappa shape index (κ1) is 13.3. The maximum absolute atomic E-state index is 10.9. The third kappa shape index (κ3) is 3.18. The highest BCUT2D eigenvalue weighted by Gasteiger charge is 2.28. The monoisotopic (exact) mass is 227 g/mol. The predicted octanol–water partition coefficient (Wildman–Crippen LogP) is -0.0714. The van der Waals surface area contributed by atoms with E-state index in [4.69, 9.17) is 0 Å². The van der Waals surface area contributed by atoms with Gasteiger partial charge in [-0.3, -0.25) is 9.11 Å². The van der Waals surface area contributed by atoms with E-state index in [9.17, 15) is 8.76 Å². The summed E-state index contributed by atoms with van der Waals surface area (Å²) < 4.78 is 21.7. The van der Waals surface area contributed by atoms with Crippen LogP contribution in [0, 0.1) is 0 Å². The average Bonchev–Trinajstić information content (AvgIpc) is 2.06. The highest BCUT2D eigenvalue weighted by molar-refractivity contribution is 7.80. The fraction of sp³-hybridized carbons (Fsp3) is 1.00. The maximum atomic E-state index is 10.9. The first-order valence-electron chi connectivity index (χ1n) is 4.10. The molecule has 0 bridgehead atoms. The third-order valence-electron chi connectivity index (χ3n) is 2.29. The number of nitrogens with one attached hydrogen (secondary N) is 1. The molecule has 0 aromatic rings. The van der Waals surface area contributed by atoms with Crippen LogP contribution < -0.4 is 5.32 Å². The van der Waals surface area contributed by atoms with Crippen molar-refractivity contribution < 1.29 is 8.76 Å². The molecule has 1 aliphatic rings. The van der Waals surface area contributed by atoms with E-state index in [-0.39, 0.29) is 12.4 Å². The molecule has 80 valence electrons. The molecule has 1 unspecified atom stereocenters. The van der Waals surface area contributed by atoms with Crippen molar-refractivity contribution >= 4 is 23.5 Å². The molecule has 0 spiro atoms. The summed E-state index contributed by atoms with van der Waals surface area (Å²) in [7, 11) is 0. The molecule has 4 nitrogen and oxygen atoms in total. The van der Waals surface area contributed by atoms with Crippen LogP contribution in [0.15, 0.2) is 0 Å². The Bertz CT molecular complexity index is 183. The van der Waals surface area contributed by atoms with Crippen molar-refractivity contribution in [1.29, 1.82) is 0 Å². The van der Waals surface area contributed by atoms with Crippen molar-refractivity contribution in [2.75, 3.05) is 26.2 Å². The number of halogens is 1. The first-order valence-corrected chi connectivity index (χ1v) is 5.18. The molecule has 0 aromatic carbocycles. The van der Waals surface area contributed by atoms with E-state index < -0.39 is 16.0 Å². The topological polar surface area (TPSA) is 55.4 Å². The van der Waals surface area contributed by atoms with Crippen LogP contribution in [-0.4, -0.2) is 44.7 Å². The molecule has 1 fully saturated rings. The Morgan fingerprint density at radius 3 is 2.23 bits per heavy atom. The Morgan fingerprint density at radius 2 is 1.85 bits per heavy atom. The molecular weight excluding hydrogens is 212 g/mol. The number of rotatable bonds is 2. The normalized spacial score (nSPS) is 22.1. The van der Waals surface area contributed by atoms with Crippen molar-refractivity contribution in [3.8, 4) is 0 Å². The standard InChI is InChI=1S/C7H16N2O2S.ClH/c1-7(2,12(10)11)9-5-3-8-4-6-9;/h8H,3-6H2,1-2H3,(H,10,11);1H/p-1. The van der Waals surface area contributed by atoms with Gasteiger partial charge in [-0.05, 0) is 24.9 Å². The van der Waals surface area contributed by atoms with Gasteiger partial charge in [0.15, 0.2) is 0 Å². The lowest BCUT2D eigenvalue weighted by molar-refractivity contribution is 0.161. The van der Waals surface area contributed by atoms with E-state index in [1.165, 1.54) is 0 Å². The Hall–Kier alpha value is 0.320. The highest BCUT2D eigenvalue weighted by atomic mass is 35.5. The lowest BCUT2D eigenvalue weighted by atomic mass is 10.2. The van der Waals surface area contributed by atoms with Crippen LogP contribution >= 0.6 is 12.4 Å². The zero-order chi connectivity index (χ0) is 9.19. The van der Waals surface area contributed by atoms with Gasteiger partial charge in [-0.15, -0.1) is 12.4 Å². The van der Waals surface area contributed by atoms with Gasteiger partial charge < -0.3 is 9.87 Å². The van der Waals surface area contributed by atoms with Crippen molar-refractivity contribution in [3.63, 3.8) is 0 Å². The van der Waals surface area contributed by atoms with Crippen molar-refractivity contribution in [3.05, 3.63) is 0 Å².